The van der Waals surface area contributed by atoms with Crippen molar-refractivity contribution in [3.63, 3.8) is 0 Å². The summed E-state index contributed by atoms with van der Waals surface area (Å²) in [5.41, 5.74) is 5.29. The summed E-state index contributed by atoms with van der Waals surface area (Å²) >= 11 is 0. The van der Waals surface area contributed by atoms with Gasteiger partial charge in [-0.15, -0.1) is 0 Å². The largest absolute Gasteiger partial charge is 0.255 e. The second kappa shape index (κ2) is 9.05. The maximum Gasteiger partial charge on any atom is 0.123 e. The predicted octanol–water partition coefficient (Wildman–Crippen LogP) is 6.76. The topological polar surface area (TPSA) is 25.8 Å². The van der Waals surface area contributed by atoms with Crippen LogP contribution in [0.3, 0.4) is 0 Å². The molecule has 146 valence electrons. The third-order valence-electron chi connectivity index (χ3n) is 4.51. The first kappa shape index (κ1) is 19.4. The average Bonchev–Trinajstić information content (AvgIpc) is 2.79. The molecule has 0 amide bonds. The number of pyridine rings is 2. The van der Waals surface area contributed by atoms with E-state index in [1.54, 1.807) is 36.7 Å². The van der Waals surface area contributed by atoms with Crippen LogP contribution in [-0.2, 0) is 0 Å². The van der Waals surface area contributed by atoms with Crippen LogP contribution < -0.4 is 0 Å². The summed E-state index contributed by atoms with van der Waals surface area (Å²) in [5.74, 6) is -0.504. The number of hydrogen-bond acceptors (Lipinski definition) is 2. The van der Waals surface area contributed by atoms with Crippen molar-refractivity contribution in [3.8, 4) is 11.4 Å². The summed E-state index contributed by atoms with van der Waals surface area (Å²) < 4.78 is 26.1. The molecule has 0 aliphatic carbocycles. The van der Waals surface area contributed by atoms with Gasteiger partial charge in [0.05, 0.1) is 11.4 Å². The summed E-state index contributed by atoms with van der Waals surface area (Å²) in [6.07, 6.45) is 11.2. The minimum Gasteiger partial charge on any atom is -0.255 e. The van der Waals surface area contributed by atoms with Crippen LogP contribution in [0.2, 0.25) is 0 Å². The van der Waals surface area contributed by atoms with Crippen molar-refractivity contribution in [2.24, 2.45) is 0 Å². The minimum absolute atomic E-state index is 0.252. The Labute approximate surface area is 173 Å². The zero-order valence-electron chi connectivity index (χ0n) is 16.0. The van der Waals surface area contributed by atoms with Gasteiger partial charge < -0.3 is 0 Å². The molecule has 0 spiro atoms. The number of rotatable bonds is 5. The van der Waals surface area contributed by atoms with Gasteiger partial charge in [-0.2, -0.15) is 0 Å². The highest BCUT2D eigenvalue weighted by atomic mass is 19.1. The molecule has 4 rings (SSSR count). The van der Waals surface area contributed by atoms with E-state index in [0.29, 0.717) is 0 Å². The fourth-order valence-corrected chi connectivity index (χ4v) is 2.91. The minimum atomic E-state index is -0.252. The van der Waals surface area contributed by atoms with Crippen LogP contribution in [-0.4, -0.2) is 9.97 Å². The Morgan fingerprint density at radius 1 is 0.467 bits per heavy atom. The van der Waals surface area contributed by atoms with Crippen molar-refractivity contribution in [2.45, 2.75) is 0 Å². The molecule has 0 aliphatic heterocycles. The number of aromatic nitrogens is 2. The first-order valence-electron chi connectivity index (χ1n) is 9.45. The maximum absolute atomic E-state index is 13.0. The second-order valence-corrected chi connectivity index (χ2v) is 6.72. The van der Waals surface area contributed by atoms with Gasteiger partial charge in [-0.3, -0.25) is 9.97 Å². The Morgan fingerprint density at radius 3 is 1.23 bits per heavy atom. The van der Waals surface area contributed by atoms with Gasteiger partial charge in [-0.25, -0.2) is 8.78 Å². The summed E-state index contributed by atoms with van der Waals surface area (Å²) in [6, 6.07) is 20.4. The average molecular weight is 396 g/mol. The van der Waals surface area contributed by atoms with Crippen LogP contribution in [0.25, 0.3) is 35.7 Å². The molecule has 0 aliphatic rings. The van der Waals surface area contributed by atoms with E-state index in [1.165, 1.54) is 24.3 Å². The Kier molecular flexibility index (Phi) is 5.85. The first-order valence-corrected chi connectivity index (χ1v) is 9.45. The highest BCUT2D eigenvalue weighted by molar-refractivity contribution is 5.74. The number of hydrogen-bond donors (Lipinski definition) is 0. The van der Waals surface area contributed by atoms with Gasteiger partial charge in [0, 0.05) is 12.4 Å². The molecule has 30 heavy (non-hydrogen) atoms. The predicted molar refractivity (Wildman–Crippen MR) is 118 cm³/mol. The molecule has 0 N–H and O–H groups in total. The van der Waals surface area contributed by atoms with Gasteiger partial charge in [0.15, 0.2) is 0 Å². The smallest absolute Gasteiger partial charge is 0.123 e. The van der Waals surface area contributed by atoms with Crippen LogP contribution in [0.15, 0.2) is 85.2 Å². The van der Waals surface area contributed by atoms with Gasteiger partial charge in [0.25, 0.3) is 0 Å². The molecule has 2 aromatic carbocycles. The molecule has 0 radical (unpaired) electrons. The standard InChI is InChI=1S/C26H18F2N2/c27-23-9-5-19(6-10-23)1-3-21-13-15-29-25(17-21)26-18-22(14-16-30-26)4-2-20-7-11-24(28)12-8-20/h1-18H/b3-1+,4-2+. The van der Waals surface area contributed by atoms with E-state index < -0.39 is 0 Å². The summed E-state index contributed by atoms with van der Waals surface area (Å²) in [7, 11) is 0. The molecule has 2 nitrogen and oxygen atoms in total. The van der Waals surface area contributed by atoms with Crippen molar-refractivity contribution in [3.05, 3.63) is 119 Å². The fraction of sp³-hybridized carbons (Fsp3) is 0. The molecular formula is C26H18F2N2. The maximum atomic E-state index is 13.0. The van der Waals surface area contributed by atoms with Gasteiger partial charge in [0.2, 0.25) is 0 Å². The molecule has 2 heterocycles. The second-order valence-electron chi connectivity index (χ2n) is 6.72. The molecule has 0 unspecified atom stereocenters. The van der Waals surface area contributed by atoms with Crippen LogP contribution >= 0.6 is 0 Å². The van der Waals surface area contributed by atoms with E-state index in [4.69, 9.17) is 0 Å². The molecule has 0 bridgehead atoms. The Bertz CT molecular complexity index is 1100. The van der Waals surface area contributed by atoms with Gasteiger partial charge in [0.1, 0.15) is 11.6 Å². The Balaban J connectivity index is 1.54. The SMILES string of the molecule is Fc1ccc(/C=C/c2ccnc(-c3cc(/C=C/c4ccc(F)cc4)ccn3)c2)cc1. The highest BCUT2D eigenvalue weighted by Gasteiger charge is 2.02. The highest BCUT2D eigenvalue weighted by Crippen LogP contribution is 2.19. The van der Waals surface area contributed by atoms with E-state index in [9.17, 15) is 8.78 Å². The summed E-state index contributed by atoms with van der Waals surface area (Å²) in [5, 5.41) is 0. The molecule has 0 fully saturated rings. The van der Waals surface area contributed by atoms with Crippen molar-refractivity contribution < 1.29 is 8.78 Å². The lowest BCUT2D eigenvalue weighted by Gasteiger charge is -2.03. The third-order valence-corrected chi connectivity index (χ3v) is 4.51. The number of benzene rings is 2. The van der Waals surface area contributed by atoms with E-state index in [-0.39, 0.29) is 11.6 Å². The van der Waals surface area contributed by atoms with Crippen LogP contribution in [0.1, 0.15) is 22.3 Å². The molecule has 4 heteroatoms. The molecule has 0 atom stereocenters. The number of halogens is 2. The van der Waals surface area contributed by atoms with Crippen LogP contribution in [0, 0.1) is 11.6 Å². The fourth-order valence-electron chi connectivity index (χ4n) is 2.91. The normalized spacial score (nSPS) is 11.4. The van der Waals surface area contributed by atoms with Gasteiger partial charge in [-0.05, 0) is 70.8 Å². The molecule has 2 aromatic heterocycles. The summed E-state index contributed by atoms with van der Waals surface area (Å²) in [4.78, 5) is 8.87. The zero-order valence-corrected chi connectivity index (χ0v) is 16.0. The van der Waals surface area contributed by atoms with Crippen LogP contribution in [0.4, 0.5) is 8.78 Å². The molecule has 0 saturated carbocycles. The van der Waals surface area contributed by atoms with E-state index in [1.807, 2.05) is 48.6 Å². The third kappa shape index (κ3) is 5.11. The Morgan fingerprint density at radius 2 is 0.833 bits per heavy atom. The van der Waals surface area contributed by atoms with Crippen molar-refractivity contribution in [1.29, 1.82) is 0 Å². The quantitative estimate of drug-likeness (QED) is 0.372. The van der Waals surface area contributed by atoms with Crippen molar-refractivity contribution >= 4 is 24.3 Å². The van der Waals surface area contributed by atoms with E-state index in [0.717, 1.165) is 33.6 Å². The van der Waals surface area contributed by atoms with E-state index in [2.05, 4.69) is 9.97 Å². The first-order chi connectivity index (χ1) is 14.7. The van der Waals surface area contributed by atoms with Crippen LogP contribution in [0.5, 0.6) is 0 Å². The molecular weight excluding hydrogens is 378 g/mol. The lowest BCUT2D eigenvalue weighted by Crippen LogP contribution is -1.88. The monoisotopic (exact) mass is 396 g/mol. The van der Waals surface area contributed by atoms with Gasteiger partial charge >= 0.3 is 0 Å². The zero-order chi connectivity index (χ0) is 20.8. The van der Waals surface area contributed by atoms with Crippen molar-refractivity contribution in [1.82, 2.24) is 9.97 Å². The number of nitrogens with zero attached hydrogens (tertiary/aromatic N) is 2. The molecule has 0 saturated heterocycles. The lowest BCUT2D eigenvalue weighted by atomic mass is 10.1. The lowest BCUT2D eigenvalue weighted by molar-refractivity contribution is 0.627. The van der Waals surface area contributed by atoms with Gasteiger partial charge in [-0.1, -0.05) is 48.6 Å². The van der Waals surface area contributed by atoms with Crippen molar-refractivity contribution in [2.75, 3.05) is 0 Å². The summed E-state index contributed by atoms with van der Waals surface area (Å²) in [6.45, 7) is 0. The Hall–Kier alpha value is -3.92. The van der Waals surface area contributed by atoms with E-state index >= 15 is 0 Å². The molecule has 4 aromatic rings.